The van der Waals surface area contributed by atoms with E-state index in [1.54, 1.807) is 6.20 Å². The average Bonchev–Trinajstić information content (AvgIpc) is 3.06. The second-order valence-corrected chi connectivity index (χ2v) is 5.12. The first kappa shape index (κ1) is 11.9. The second kappa shape index (κ2) is 4.35. The molecule has 0 aliphatic heterocycles. The molecule has 1 aromatic heterocycles. The summed E-state index contributed by atoms with van der Waals surface area (Å²) in [6.45, 7) is 2.56. The van der Waals surface area contributed by atoms with Gasteiger partial charge in [-0.2, -0.15) is 0 Å². The van der Waals surface area contributed by atoms with Gasteiger partial charge in [0.25, 0.3) is 0 Å². The van der Waals surface area contributed by atoms with Crippen LogP contribution < -0.4 is 10.2 Å². The zero-order valence-electron chi connectivity index (χ0n) is 10.7. The molecule has 1 N–H and O–H groups in total. The predicted molar refractivity (Wildman–Crippen MR) is 67.8 cm³/mol. The zero-order valence-corrected chi connectivity index (χ0v) is 10.7. The maximum absolute atomic E-state index is 11.8. The van der Waals surface area contributed by atoms with E-state index in [9.17, 15) is 4.79 Å². The summed E-state index contributed by atoms with van der Waals surface area (Å²) in [6.07, 6.45) is 3.78. The van der Waals surface area contributed by atoms with E-state index in [-0.39, 0.29) is 11.3 Å². The van der Waals surface area contributed by atoms with Crippen molar-refractivity contribution >= 4 is 11.7 Å². The molecule has 0 radical (unpaired) electrons. The number of hydrogen-bond donors (Lipinski definition) is 1. The fraction of sp³-hybridized carbons (Fsp3) is 0.538. The zero-order chi connectivity index (χ0) is 12.5. The van der Waals surface area contributed by atoms with Crippen molar-refractivity contribution < 1.29 is 4.79 Å². The first-order chi connectivity index (χ1) is 8.03. The van der Waals surface area contributed by atoms with Crippen molar-refractivity contribution in [2.45, 2.75) is 26.3 Å². The number of amides is 1. The molecule has 4 nitrogen and oxygen atoms in total. The molecule has 0 saturated heterocycles. The van der Waals surface area contributed by atoms with Crippen molar-refractivity contribution in [3.05, 3.63) is 23.9 Å². The Labute approximate surface area is 102 Å². The maximum Gasteiger partial charge on any atom is 0.226 e. The van der Waals surface area contributed by atoms with Gasteiger partial charge >= 0.3 is 0 Å². The Hall–Kier alpha value is -1.58. The minimum atomic E-state index is -0.111. The highest BCUT2D eigenvalue weighted by molar-refractivity contribution is 5.84. The van der Waals surface area contributed by atoms with Gasteiger partial charge in [-0.15, -0.1) is 0 Å². The molecular formula is C13H19N3O. The van der Waals surface area contributed by atoms with Crippen molar-refractivity contribution in [2.75, 3.05) is 19.0 Å². The SMILES string of the molecule is CN(C)c1ncccc1CNC(=O)C1(C)CC1. The average molecular weight is 233 g/mol. The van der Waals surface area contributed by atoms with Gasteiger partial charge in [0.1, 0.15) is 5.82 Å². The van der Waals surface area contributed by atoms with Crippen molar-refractivity contribution in [3.8, 4) is 0 Å². The van der Waals surface area contributed by atoms with Gasteiger partial charge in [-0.25, -0.2) is 4.98 Å². The van der Waals surface area contributed by atoms with Gasteiger partial charge in [0.05, 0.1) is 0 Å². The topological polar surface area (TPSA) is 45.2 Å². The molecule has 0 unspecified atom stereocenters. The van der Waals surface area contributed by atoms with Crippen LogP contribution in [0.2, 0.25) is 0 Å². The highest BCUT2D eigenvalue weighted by atomic mass is 16.2. The fourth-order valence-electron chi connectivity index (χ4n) is 1.77. The van der Waals surface area contributed by atoms with Crippen LogP contribution in [0.15, 0.2) is 18.3 Å². The van der Waals surface area contributed by atoms with E-state index in [2.05, 4.69) is 10.3 Å². The Morgan fingerprint density at radius 2 is 2.24 bits per heavy atom. The molecule has 1 fully saturated rings. The summed E-state index contributed by atoms with van der Waals surface area (Å²) in [7, 11) is 3.91. The van der Waals surface area contributed by atoms with Crippen LogP contribution in [-0.4, -0.2) is 25.0 Å². The van der Waals surface area contributed by atoms with Crippen LogP contribution in [-0.2, 0) is 11.3 Å². The van der Waals surface area contributed by atoms with Gasteiger partial charge in [-0.05, 0) is 18.9 Å². The van der Waals surface area contributed by atoms with Gasteiger partial charge in [0.2, 0.25) is 5.91 Å². The highest BCUT2D eigenvalue weighted by Gasteiger charge is 2.44. The van der Waals surface area contributed by atoms with Crippen LogP contribution in [0, 0.1) is 5.41 Å². The van der Waals surface area contributed by atoms with E-state index in [1.807, 2.05) is 38.1 Å². The second-order valence-electron chi connectivity index (χ2n) is 5.12. The summed E-state index contributed by atoms with van der Waals surface area (Å²) in [4.78, 5) is 18.1. The monoisotopic (exact) mass is 233 g/mol. The number of nitrogens with zero attached hydrogens (tertiary/aromatic N) is 2. The molecule has 0 aromatic carbocycles. The summed E-state index contributed by atoms with van der Waals surface area (Å²) in [5.74, 6) is 1.07. The van der Waals surface area contributed by atoms with Crippen LogP contribution in [0.3, 0.4) is 0 Å². The summed E-state index contributed by atoms with van der Waals surface area (Å²) in [5.41, 5.74) is 0.940. The van der Waals surface area contributed by atoms with Crippen LogP contribution in [0.25, 0.3) is 0 Å². The van der Waals surface area contributed by atoms with Gasteiger partial charge < -0.3 is 10.2 Å². The molecule has 0 atom stereocenters. The lowest BCUT2D eigenvalue weighted by Crippen LogP contribution is -2.30. The normalized spacial score (nSPS) is 16.4. The van der Waals surface area contributed by atoms with Crippen LogP contribution in [0.4, 0.5) is 5.82 Å². The molecule has 2 rings (SSSR count). The third-order valence-corrected chi connectivity index (χ3v) is 3.28. The molecule has 1 saturated carbocycles. The van der Waals surface area contributed by atoms with E-state index in [4.69, 9.17) is 0 Å². The van der Waals surface area contributed by atoms with Crippen molar-refractivity contribution in [2.24, 2.45) is 5.41 Å². The molecule has 1 aliphatic rings. The fourth-order valence-corrected chi connectivity index (χ4v) is 1.77. The summed E-state index contributed by atoms with van der Waals surface area (Å²) >= 11 is 0. The first-order valence-corrected chi connectivity index (χ1v) is 5.92. The minimum Gasteiger partial charge on any atom is -0.362 e. The lowest BCUT2D eigenvalue weighted by atomic mass is 10.1. The van der Waals surface area contributed by atoms with Crippen LogP contribution in [0.5, 0.6) is 0 Å². The largest absolute Gasteiger partial charge is 0.362 e. The molecule has 1 aromatic rings. The lowest BCUT2D eigenvalue weighted by molar-refractivity contribution is -0.125. The minimum absolute atomic E-state index is 0.111. The maximum atomic E-state index is 11.8. The van der Waals surface area contributed by atoms with Gasteiger partial charge in [-0.3, -0.25) is 4.79 Å². The van der Waals surface area contributed by atoms with E-state index in [0.29, 0.717) is 6.54 Å². The number of rotatable bonds is 4. The van der Waals surface area contributed by atoms with Gasteiger partial charge in [0, 0.05) is 37.8 Å². The van der Waals surface area contributed by atoms with E-state index >= 15 is 0 Å². The van der Waals surface area contributed by atoms with Crippen LogP contribution >= 0.6 is 0 Å². The summed E-state index contributed by atoms with van der Waals surface area (Å²) in [5, 5.41) is 2.99. The van der Waals surface area contributed by atoms with E-state index in [0.717, 1.165) is 24.2 Å². The van der Waals surface area contributed by atoms with Crippen LogP contribution in [0.1, 0.15) is 25.3 Å². The number of aromatic nitrogens is 1. The molecular weight excluding hydrogens is 214 g/mol. The predicted octanol–water partition coefficient (Wildman–Crippen LogP) is 1.56. The number of carbonyl (C=O) groups excluding carboxylic acids is 1. The lowest BCUT2D eigenvalue weighted by Gasteiger charge is -2.17. The molecule has 0 bridgehead atoms. The Morgan fingerprint density at radius 1 is 1.53 bits per heavy atom. The third-order valence-electron chi connectivity index (χ3n) is 3.28. The number of hydrogen-bond acceptors (Lipinski definition) is 3. The Kier molecular flexibility index (Phi) is 3.05. The van der Waals surface area contributed by atoms with Gasteiger partial charge in [-0.1, -0.05) is 13.0 Å². The Bertz CT molecular complexity index is 424. The smallest absolute Gasteiger partial charge is 0.226 e. The first-order valence-electron chi connectivity index (χ1n) is 5.92. The summed E-state index contributed by atoms with van der Waals surface area (Å²) < 4.78 is 0. The van der Waals surface area contributed by atoms with Crippen molar-refractivity contribution in [1.29, 1.82) is 0 Å². The molecule has 0 spiro atoms. The Balaban J connectivity index is 2.01. The summed E-state index contributed by atoms with van der Waals surface area (Å²) in [6, 6.07) is 3.89. The van der Waals surface area contributed by atoms with E-state index < -0.39 is 0 Å². The number of anilines is 1. The number of carbonyl (C=O) groups is 1. The molecule has 92 valence electrons. The molecule has 17 heavy (non-hydrogen) atoms. The molecule has 1 aliphatic carbocycles. The quantitative estimate of drug-likeness (QED) is 0.858. The molecule has 1 heterocycles. The third kappa shape index (κ3) is 2.57. The highest BCUT2D eigenvalue weighted by Crippen LogP contribution is 2.45. The van der Waals surface area contributed by atoms with Crippen molar-refractivity contribution in [3.63, 3.8) is 0 Å². The molecule has 1 amide bonds. The Morgan fingerprint density at radius 3 is 2.82 bits per heavy atom. The number of pyridine rings is 1. The van der Waals surface area contributed by atoms with Gasteiger partial charge in [0.15, 0.2) is 0 Å². The van der Waals surface area contributed by atoms with Crippen molar-refractivity contribution in [1.82, 2.24) is 10.3 Å². The number of nitrogens with one attached hydrogen (secondary N) is 1. The molecule has 4 heteroatoms. The van der Waals surface area contributed by atoms with E-state index in [1.165, 1.54) is 0 Å². The standard InChI is InChI=1S/C13H19N3O/c1-13(6-7-13)12(17)15-9-10-5-4-8-14-11(10)16(2)3/h4-5,8H,6-7,9H2,1-3H3,(H,15,17).